The number of benzene rings is 1. The summed E-state index contributed by atoms with van der Waals surface area (Å²) in [5, 5.41) is 0. The van der Waals surface area contributed by atoms with E-state index in [1.54, 1.807) is 0 Å². The Morgan fingerprint density at radius 3 is 2.58 bits per heavy atom. The molecule has 2 nitrogen and oxygen atoms in total. The maximum Gasteiger partial charge on any atom is 0.0492 e. The highest BCUT2D eigenvalue weighted by Gasteiger charge is 2.18. The monoisotopic (exact) mass is 388 g/mol. The fourth-order valence-electron chi connectivity index (χ4n) is 2.85. The van der Waals surface area contributed by atoms with Crippen molar-refractivity contribution in [1.82, 2.24) is 4.90 Å². The number of hydrogen-bond acceptors (Lipinski definition) is 2. The van der Waals surface area contributed by atoms with Gasteiger partial charge in [0.15, 0.2) is 0 Å². The maximum atomic E-state index is 6.13. The van der Waals surface area contributed by atoms with Gasteiger partial charge in [-0.25, -0.2) is 0 Å². The lowest BCUT2D eigenvalue weighted by molar-refractivity contribution is 0.194. The van der Waals surface area contributed by atoms with Crippen LogP contribution in [0.25, 0.3) is 0 Å². The Hall–Kier alpha value is -0.0600. The summed E-state index contributed by atoms with van der Waals surface area (Å²) in [6.07, 6.45) is 7.91. The highest BCUT2D eigenvalue weighted by atomic mass is 79.9. The van der Waals surface area contributed by atoms with Gasteiger partial charge in [0.2, 0.25) is 0 Å². The van der Waals surface area contributed by atoms with E-state index in [9.17, 15) is 0 Å². The molecule has 0 saturated heterocycles. The average Bonchev–Trinajstić information content (AvgIpc) is 2.41. The summed E-state index contributed by atoms with van der Waals surface area (Å²) in [5.74, 6) is 0. The number of likely N-dealkylation sites (N-methyl/N-ethyl adjacent to an activating group) is 1. The summed E-state index contributed by atoms with van der Waals surface area (Å²) in [7, 11) is 2.25. The molecule has 2 rings (SSSR count). The lowest BCUT2D eigenvalue weighted by atomic mass is 9.94. The van der Waals surface area contributed by atoms with Crippen molar-refractivity contribution in [3.05, 3.63) is 26.6 Å². The van der Waals surface area contributed by atoms with Gasteiger partial charge in [0.25, 0.3) is 0 Å². The van der Waals surface area contributed by atoms with Crippen LogP contribution in [0.1, 0.15) is 37.7 Å². The van der Waals surface area contributed by atoms with Crippen molar-refractivity contribution in [2.45, 2.75) is 44.6 Å². The third kappa shape index (κ3) is 4.20. The first-order valence-electron chi connectivity index (χ1n) is 7.01. The van der Waals surface area contributed by atoms with Crippen molar-refractivity contribution in [2.24, 2.45) is 0 Å². The van der Waals surface area contributed by atoms with Gasteiger partial charge in [0, 0.05) is 27.2 Å². The summed E-state index contributed by atoms with van der Waals surface area (Å²) in [4.78, 5) is 2.51. The minimum atomic E-state index is 0.769. The smallest absolute Gasteiger partial charge is 0.0492 e. The topological polar surface area (TPSA) is 29.3 Å². The zero-order valence-corrected chi connectivity index (χ0v) is 14.6. The number of anilines is 1. The van der Waals surface area contributed by atoms with E-state index >= 15 is 0 Å². The Kier molecular flexibility index (Phi) is 5.72. The second-order valence-corrected chi connectivity index (χ2v) is 7.25. The van der Waals surface area contributed by atoms with Crippen LogP contribution < -0.4 is 5.73 Å². The number of nitrogen functional groups attached to an aromatic ring is 1. The Balaban J connectivity index is 1.94. The molecule has 0 unspecified atom stereocenters. The SMILES string of the molecule is CN(CCc1cc(Br)cc(Br)c1N)C1CCCCC1. The predicted molar refractivity (Wildman–Crippen MR) is 89.5 cm³/mol. The molecule has 19 heavy (non-hydrogen) atoms. The molecular weight excluding hydrogens is 368 g/mol. The molecule has 2 N–H and O–H groups in total. The molecule has 1 aromatic carbocycles. The van der Waals surface area contributed by atoms with Crippen molar-refractivity contribution >= 4 is 37.5 Å². The zero-order valence-electron chi connectivity index (χ0n) is 11.5. The van der Waals surface area contributed by atoms with Crippen molar-refractivity contribution < 1.29 is 0 Å². The van der Waals surface area contributed by atoms with Gasteiger partial charge in [-0.2, -0.15) is 0 Å². The average molecular weight is 390 g/mol. The Bertz CT molecular complexity index is 428. The van der Waals surface area contributed by atoms with Crippen LogP contribution in [0.5, 0.6) is 0 Å². The molecule has 0 bridgehead atoms. The van der Waals surface area contributed by atoms with Gasteiger partial charge >= 0.3 is 0 Å². The molecule has 0 aliphatic heterocycles. The van der Waals surface area contributed by atoms with E-state index < -0.39 is 0 Å². The van der Waals surface area contributed by atoms with Gasteiger partial charge in [0.1, 0.15) is 0 Å². The van der Waals surface area contributed by atoms with E-state index in [1.165, 1.54) is 37.7 Å². The van der Waals surface area contributed by atoms with Crippen LogP contribution in [0.4, 0.5) is 5.69 Å². The summed E-state index contributed by atoms with van der Waals surface area (Å²) in [5.41, 5.74) is 8.23. The number of hydrogen-bond donors (Lipinski definition) is 1. The molecule has 0 spiro atoms. The van der Waals surface area contributed by atoms with Crippen LogP contribution in [0.3, 0.4) is 0 Å². The van der Waals surface area contributed by atoms with Gasteiger partial charge in [-0.3, -0.25) is 0 Å². The molecule has 0 amide bonds. The molecule has 1 aliphatic carbocycles. The third-order valence-electron chi connectivity index (χ3n) is 4.11. The molecule has 4 heteroatoms. The predicted octanol–water partition coefficient (Wildman–Crippen LogP) is 4.60. The first-order chi connectivity index (χ1) is 9.08. The van der Waals surface area contributed by atoms with E-state index in [1.807, 2.05) is 6.07 Å². The van der Waals surface area contributed by atoms with Gasteiger partial charge in [-0.05, 0) is 59.9 Å². The second-order valence-electron chi connectivity index (χ2n) is 5.48. The second kappa shape index (κ2) is 7.09. The first-order valence-corrected chi connectivity index (χ1v) is 8.60. The Morgan fingerprint density at radius 2 is 1.89 bits per heavy atom. The normalized spacial score (nSPS) is 17.1. The first kappa shape index (κ1) is 15.3. The van der Waals surface area contributed by atoms with E-state index in [-0.39, 0.29) is 0 Å². The van der Waals surface area contributed by atoms with E-state index in [0.717, 1.165) is 33.6 Å². The molecule has 1 aliphatic rings. The molecule has 0 aromatic heterocycles. The third-order valence-corrected chi connectivity index (χ3v) is 5.23. The zero-order chi connectivity index (χ0) is 13.8. The van der Waals surface area contributed by atoms with Crippen LogP contribution in [0.15, 0.2) is 21.1 Å². The van der Waals surface area contributed by atoms with Gasteiger partial charge in [-0.15, -0.1) is 0 Å². The largest absolute Gasteiger partial charge is 0.398 e. The number of halogens is 2. The van der Waals surface area contributed by atoms with Crippen molar-refractivity contribution in [3.63, 3.8) is 0 Å². The lowest BCUT2D eigenvalue weighted by Gasteiger charge is -2.31. The molecular formula is C15H22Br2N2. The van der Waals surface area contributed by atoms with E-state index in [4.69, 9.17) is 5.73 Å². The van der Waals surface area contributed by atoms with Crippen LogP contribution >= 0.6 is 31.9 Å². The van der Waals surface area contributed by atoms with Crippen molar-refractivity contribution in [2.75, 3.05) is 19.3 Å². The Labute approximate surface area is 133 Å². The van der Waals surface area contributed by atoms with E-state index in [2.05, 4.69) is 49.9 Å². The molecule has 1 aromatic rings. The summed E-state index contributed by atoms with van der Waals surface area (Å²) >= 11 is 7.04. The number of nitrogens with zero attached hydrogens (tertiary/aromatic N) is 1. The molecule has 0 atom stereocenters. The fourth-order valence-corrected chi connectivity index (χ4v) is 4.16. The number of nitrogens with two attached hydrogens (primary N) is 1. The van der Waals surface area contributed by atoms with Gasteiger partial charge in [0.05, 0.1) is 0 Å². The van der Waals surface area contributed by atoms with Crippen molar-refractivity contribution in [1.29, 1.82) is 0 Å². The minimum absolute atomic E-state index is 0.769. The fraction of sp³-hybridized carbons (Fsp3) is 0.600. The minimum Gasteiger partial charge on any atom is -0.398 e. The quantitative estimate of drug-likeness (QED) is 0.762. The summed E-state index contributed by atoms with van der Waals surface area (Å²) in [6, 6.07) is 4.91. The van der Waals surface area contributed by atoms with Crippen LogP contribution in [-0.2, 0) is 6.42 Å². The summed E-state index contributed by atoms with van der Waals surface area (Å²) < 4.78 is 2.07. The molecule has 0 heterocycles. The highest BCUT2D eigenvalue weighted by molar-refractivity contribution is 9.11. The summed E-state index contributed by atoms with van der Waals surface area (Å²) in [6.45, 7) is 1.08. The Morgan fingerprint density at radius 1 is 1.21 bits per heavy atom. The molecule has 106 valence electrons. The molecule has 0 radical (unpaired) electrons. The standard InChI is InChI=1S/C15H22Br2N2/c1-19(13-5-3-2-4-6-13)8-7-11-9-12(16)10-14(17)15(11)18/h9-10,13H,2-8,18H2,1H3. The number of rotatable bonds is 4. The maximum absolute atomic E-state index is 6.13. The van der Waals surface area contributed by atoms with Crippen LogP contribution in [0, 0.1) is 0 Å². The van der Waals surface area contributed by atoms with Gasteiger partial charge < -0.3 is 10.6 Å². The lowest BCUT2D eigenvalue weighted by Crippen LogP contribution is -2.34. The molecule has 1 fully saturated rings. The van der Waals surface area contributed by atoms with Gasteiger partial charge in [-0.1, -0.05) is 35.2 Å². The van der Waals surface area contributed by atoms with E-state index in [0.29, 0.717) is 0 Å². The van der Waals surface area contributed by atoms with Crippen molar-refractivity contribution in [3.8, 4) is 0 Å². The van der Waals surface area contributed by atoms with Crippen LogP contribution in [0.2, 0.25) is 0 Å². The molecule has 1 saturated carbocycles. The highest BCUT2D eigenvalue weighted by Crippen LogP contribution is 2.29. The van der Waals surface area contributed by atoms with Crippen LogP contribution in [-0.4, -0.2) is 24.5 Å².